The Kier molecular flexibility index (Phi) is 4.95. The molecule has 0 unspecified atom stereocenters. The molecular weight excluding hydrogens is 354 g/mol. The molecule has 1 N–H and O–H groups in total. The summed E-state index contributed by atoms with van der Waals surface area (Å²) >= 11 is 0. The number of ether oxygens (including phenoxy) is 1. The Bertz CT molecular complexity index is 858. The van der Waals surface area contributed by atoms with Crippen LogP contribution in [0.2, 0.25) is 0 Å². The van der Waals surface area contributed by atoms with Crippen LogP contribution < -0.4 is 10.2 Å². The third kappa shape index (κ3) is 4.41. The molecule has 0 bridgehead atoms. The van der Waals surface area contributed by atoms with E-state index in [-0.39, 0.29) is 0 Å². The van der Waals surface area contributed by atoms with Crippen molar-refractivity contribution < 1.29 is 9.53 Å². The number of piperazine rings is 1. The molecule has 1 saturated carbocycles. The molecule has 152 valence electrons. The van der Waals surface area contributed by atoms with Crippen LogP contribution in [0.5, 0.6) is 0 Å². The van der Waals surface area contributed by atoms with Gasteiger partial charge in [-0.1, -0.05) is 0 Å². The molecule has 0 aromatic carbocycles. The van der Waals surface area contributed by atoms with Crippen molar-refractivity contribution in [3.63, 3.8) is 0 Å². The minimum atomic E-state index is -0.503. The summed E-state index contributed by atoms with van der Waals surface area (Å²) in [7, 11) is 2.17. The predicted molar refractivity (Wildman–Crippen MR) is 110 cm³/mol. The Balaban J connectivity index is 1.57. The van der Waals surface area contributed by atoms with Crippen molar-refractivity contribution in [2.75, 3.05) is 38.1 Å². The lowest BCUT2D eigenvalue weighted by Gasteiger charge is -2.34. The molecule has 1 amide bonds. The Morgan fingerprint density at radius 3 is 2.57 bits per heavy atom. The van der Waals surface area contributed by atoms with E-state index in [9.17, 15) is 4.79 Å². The number of carbonyl (C=O) groups excluding carboxylic acids is 1. The Morgan fingerprint density at radius 2 is 1.93 bits per heavy atom. The number of imidazole rings is 1. The number of anilines is 1. The normalized spacial score (nSPS) is 18.5. The van der Waals surface area contributed by atoms with Crippen LogP contribution in [0, 0.1) is 0 Å². The average Bonchev–Trinajstić information content (AvgIpc) is 3.38. The minimum Gasteiger partial charge on any atom is -0.444 e. The summed E-state index contributed by atoms with van der Waals surface area (Å²) in [5.41, 5.74) is 3.91. The fourth-order valence-corrected chi connectivity index (χ4v) is 3.63. The highest BCUT2D eigenvalue weighted by molar-refractivity contribution is 5.71. The maximum Gasteiger partial charge on any atom is 0.407 e. The van der Waals surface area contributed by atoms with Gasteiger partial charge in [-0.3, -0.25) is 0 Å². The van der Waals surface area contributed by atoms with E-state index in [1.165, 1.54) is 24.1 Å². The Morgan fingerprint density at radius 1 is 1.21 bits per heavy atom. The second-order valence-corrected chi connectivity index (χ2v) is 9.04. The van der Waals surface area contributed by atoms with Crippen molar-refractivity contribution >= 4 is 17.4 Å². The van der Waals surface area contributed by atoms with Gasteiger partial charge in [0.15, 0.2) is 5.65 Å². The molecule has 7 nitrogen and oxygen atoms in total. The molecule has 2 aliphatic rings. The molecule has 1 saturated heterocycles. The third-order valence-corrected chi connectivity index (χ3v) is 5.31. The number of aromatic nitrogens is 2. The topological polar surface area (TPSA) is 62.1 Å². The number of hydrogen-bond acceptors (Lipinski definition) is 5. The van der Waals surface area contributed by atoms with Gasteiger partial charge in [-0.2, -0.15) is 0 Å². The van der Waals surface area contributed by atoms with Gasteiger partial charge in [-0.15, -0.1) is 0 Å². The van der Waals surface area contributed by atoms with Crippen molar-refractivity contribution in [3.05, 3.63) is 29.7 Å². The third-order valence-electron chi connectivity index (χ3n) is 5.31. The molecule has 2 aromatic heterocycles. The molecule has 2 aromatic rings. The number of pyridine rings is 1. The first-order chi connectivity index (χ1) is 13.3. The van der Waals surface area contributed by atoms with E-state index >= 15 is 0 Å². The molecule has 4 rings (SSSR count). The molecular formula is C21H31N5O2. The summed E-state index contributed by atoms with van der Waals surface area (Å²) in [6, 6.07) is 2.33. The maximum atomic E-state index is 12.0. The zero-order chi connectivity index (χ0) is 19.9. The van der Waals surface area contributed by atoms with Crippen LogP contribution in [0.3, 0.4) is 0 Å². The first-order valence-corrected chi connectivity index (χ1v) is 10.2. The highest BCUT2D eigenvalue weighted by atomic mass is 16.6. The first-order valence-electron chi connectivity index (χ1n) is 10.2. The van der Waals surface area contributed by atoms with Gasteiger partial charge in [-0.25, -0.2) is 9.78 Å². The second-order valence-electron chi connectivity index (χ2n) is 9.04. The van der Waals surface area contributed by atoms with Crippen molar-refractivity contribution in [1.82, 2.24) is 19.6 Å². The van der Waals surface area contributed by atoms with Crippen molar-refractivity contribution in [2.24, 2.45) is 0 Å². The lowest BCUT2D eigenvalue weighted by atomic mass is 10.1. The minimum absolute atomic E-state index is 0.359. The van der Waals surface area contributed by atoms with Crippen molar-refractivity contribution in [3.8, 4) is 0 Å². The van der Waals surface area contributed by atoms with E-state index in [1.807, 2.05) is 27.0 Å². The van der Waals surface area contributed by atoms with Gasteiger partial charge >= 0.3 is 6.09 Å². The zero-order valence-corrected chi connectivity index (χ0v) is 17.4. The smallest absolute Gasteiger partial charge is 0.407 e. The number of rotatable bonds is 4. The molecule has 0 spiro atoms. The van der Waals surface area contributed by atoms with Gasteiger partial charge in [0.25, 0.3) is 0 Å². The molecule has 1 aliphatic carbocycles. The Hall–Kier alpha value is -2.28. The van der Waals surface area contributed by atoms with Gasteiger partial charge in [-0.05, 0) is 58.2 Å². The molecule has 7 heteroatoms. The molecule has 2 fully saturated rings. The molecule has 3 heterocycles. The van der Waals surface area contributed by atoms with Crippen molar-refractivity contribution in [2.45, 2.75) is 51.7 Å². The van der Waals surface area contributed by atoms with Crippen LogP contribution in [0.25, 0.3) is 5.65 Å². The number of likely N-dealkylation sites (N-methyl/N-ethyl adjacent to an activating group) is 1. The second kappa shape index (κ2) is 7.28. The standard InChI is InChI=1S/C21H31N5O2/c1-21(2,3)28-20(27)22-12-17-14-26-13-16(15-5-6-15)11-18(19(26)23-17)25-9-7-24(4)8-10-25/h11,13-15H,5-10,12H2,1-4H3,(H,22,27). The highest BCUT2D eigenvalue weighted by Crippen LogP contribution is 2.41. The van der Waals surface area contributed by atoms with Crippen LogP contribution in [0.4, 0.5) is 10.5 Å². The number of nitrogens with zero attached hydrogens (tertiary/aromatic N) is 4. The average molecular weight is 386 g/mol. The maximum absolute atomic E-state index is 12.0. The van der Waals surface area contributed by atoms with Crippen molar-refractivity contribution in [1.29, 1.82) is 0 Å². The Labute approximate surface area is 166 Å². The van der Waals surface area contributed by atoms with Crippen LogP contribution in [-0.4, -0.2) is 59.2 Å². The van der Waals surface area contributed by atoms with E-state index in [2.05, 4.69) is 38.8 Å². The predicted octanol–water partition coefficient (Wildman–Crippen LogP) is 2.99. The van der Waals surface area contributed by atoms with Gasteiger partial charge in [0, 0.05) is 38.6 Å². The highest BCUT2D eigenvalue weighted by Gasteiger charge is 2.27. The number of alkyl carbamates (subject to hydrolysis) is 1. The van der Waals surface area contributed by atoms with E-state index in [4.69, 9.17) is 9.72 Å². The van der Waals surface area contributed by atoms with Crippen LogP contribution >= 0.6 is 0 Å². The van der Waals surface area contributed by atoms with Crippen LogP contribution in [-0.2, 0) is 11.3 Å². The van der Waals surface area contributed by atoms with E-state index in [0.29, 0.717) is 12.5 Å². The molecule has 1 aliphatic heterocycles. The lowest BCUT2D eigenvalue weighted by Crippen LogP contribution is -2.44. The summed E-state index contributed by atoms with van der Waals surface area (Å²) in [5.74, 6) is 0.682. The van der Waals surface area contributed by atoms with E-state index in [1.54, 1.807) is 0 Å². The largest absolute Gasteiger partial charge is 0.444 e. The SMILES string of the molecule is CN1CCN(c2cc(C3CC3)cn3cc(CNC(=O)OC(C)(C)C)nc23)CC1. The van der Waals surface area contributed by atoms with Crippen LogP contribution in [0.15, 0.2) is 18.5 Å². The first kappa shape index (κ1) is 19.1. The molecule has 0 atom stereocenters. The number of carbonyl (C=O) groups is 1. The number of hydrogen-bond donors (Lipinski definition) is 1. The summed E-state index contributed by atoms with van der Waals surface area (Å²) in [4.78, 5) is 21.6. The van der Waals surface area contributed by atoms with E-state index < -0.39 is 11.7 Å². The number of amides is 1. The monoisotopic (exact) mass is 385 g/mol. The summed E-state index contributed by atoms with van der Waals surface area (Å²) < 4.78 is 7.46. The molecule has 0 radical (unpaired) electrons. The van der Waals surface area contributed by atoms with E-state index in [0.717, 1.165) is 37.5 Å². The summed E-state index contributed by atoms with van der Waals surface area (Å²) in [6.45, 7) is 10.1. The fourth-order valence-electron chi connectivity index (χ4n) is 3.63. The van der Waals surface area contributed by atoms with Crippen LogP contribution in [0.1, 0.15) is 50.8 Å². The molecule has 28 heavy (non-hydrogen) atoms. The summed E-state index contributed by atoms with van der Waals surface area (Å²) in [6.07, 6.45) is 6.36. The van der Waals surface area contributed by atoms with Gasteiger partial charge < -0.3 is 24.3 Å². The lowest BCUT2D eigenvalue weighted by molar-refractivity contribution is 0.0523. The fraction of sp³-hybridized carbons (Fsp3) is 0.619. The zero-order valence-electron chi connectivity index (χ0n) is 17.4. The summed E-state index contributed by atoms with van der Waals surface area (Å²) in [5, 5.41) is 2.81. The number of fused-ring (bicyclic) bond motifs is 1. The van der Waals surface area contributed by atoms with Gasteiger partial charge in [0.05, 0.1) is 17.9 Å². The quantitative estimate of drug-likeness (QED) is 0.877. The number of nitrogens with one attached hydrogen (secondary N) is 1. The van der Waals surface area contributed by atoms with Gasteiger partial charge in [0.1, 0.15) is 5.60 Å². The van der Waals surface area contributed by atoms with Gasteiger partial charge in [0.2, 0.25) is 0 Å².